The van der Waals surface area contributed by atoms with Crippen LogP contribution in [0.25, 0.3) is 0 Å². The number of nitrogens with one attached hydrogen (secondary N) is 1. The molecule has 1 N–H and O–H groups in total. The Hall–Kier alpha value is -3.01. The van der Waals surface area contributed by atoms with Gasteiger partial charge in [0.15, 0.2) is 6.29 Å². The monoisotopic (exact) mass is 447 g/mol. The minimum Gasteiger partial charge on any atom is -0.367 e. The zero-order chi connectivity index (χ0) is 23.3. The van der Waals surface area contributed by atoms with Crippen molar-refractivity contribution in [2.75, 3.05) is 57.8 Å². The van der Waals surface area contributed by atoms with Gasteiger partial charge in [0, 0.05) is 51.9 Å². The largest absolute Gasteiger partial charge is 0.367 e. The van der Waals surface area contributed by atoms with E-state index in [9.17, 15) is 23.6 Å². The number of hydrogen-bond donors (Lipinski definition) is 1. The first-order valence-electron chi connectivity index (χ1n) is 10.9. The van der Waals surface area contributed by atoms with Crippen molar-refractivity contribution in [3.8, 4) is 0 Å². The van der Waals surface area contributed by atoms with Crippen LogP contribution >= 0.6 is 0 Å². The Balaban J connectivity index is 1.62. The second-order valence-corrected chi connectivity index (χ2v) is 8.45. The summed E-state index contributed by atoms with van der Waals surface area (Å²) in [6, 6.07) is 2.39. The van der Waals surface area contributed by atoms with Gasteiger partial charge in [0.1, 0.15) is 5.82 Å². The lowest BCUT2D eigenvalue weighted by Crippen LogP contribution is -2.51. The van der Waals surface area contributed by atoms with Crippen molar-refractivity contribution in [1.82, 2.24) is 20.2 Å². The van der Waals surface area contributed by atoms with E-state index in [1.54, 1.807) is 0 Å². The zero-order valence-electron chi connectivity index (χ0n) is 18.6. The van der Waals surface area contributed by atoms with Crippen LogP contribution in [-0.2, 0) is 9.59 Å². The molecule has 2 heterocycles. The predicted molar refractivity (Wildman–Crippen MR) is 117 cm³/mol. The summed E-state index contributed by atoms with van der Waals surface area (Å²) in [4.78, 5) is 52.8. The SMILES string of the molecule is CC1CCN(C(=O)CN2CCN(c3cc(C=O)c(C(=O)N(C)NC=O)cc3F)CC2)CC1. The molecule has 0 unspecified atom stereocenters. The molecule has 2 fully saturated rings. The van der Waals surface area contributed by atoms with Crippen molar-refractivity contribution in [3.63, 3.8) is 0 Å². The Morgan fingerprint density at radius 3 is 2.38 bits per heavy atom. The predicted octanol–water partition coefficient (Wildman–Crippen LogP) is 0.752. The van der Waals surface area contributed by atoms with E-state index < -0.39 is 11.7 Å². The van der Waals surface area contributed by atoms with E-state index in [2.05, 4.69) is 17.2 Å². The summed E-state index contributed by atoms with van der Waals surface area (Å²) in [6.07, 6.45) is 2.90. The van der Waals surface area contributed by atoms with E-state index in [1.807, 2.05) is 9.80 Å². The highest BCUT2D eigenvalue weighted by Crippen LogP contribution is 2.25. The number of hydrazine groups is 1. The van der Waals surface area contributed by atoms with Crippen LogP contribution in [0.15, 0.2) is 12.1 Å². The molecule has 0 atom stereocenters. The lowest BCUT2D eigenvalue weighted by atomic mass is 9.99. The van der Waals surface area contributed by atoms with E-state index in [4.69, 9.17) is 0 Å². The molecular formula is C22H30FN5O4. The lowest BCUT2D eigenvalue weighted by molar-refractivity contribution is -0.133. The number of hydrogen-bond acceptors (Lipinski definition) is 6. The molecule has 3 rings (SSSR count). The van der Waals surface area contributed by atoms with Gasteiger partial charge in [0.05, 0.1) is 17.8 Å². The second-order valence-electron chi connectivity index (χ2n) is 8.45. The Labute approximate surface area is 187 Å². The van der Waals surface area contributed by atoms with Gasteiger partial charge in [0.2, 0.25) is 12.3 Å². The van der Waals surface area contributed by atoms with E-state index in [0.717, 1.165) is 37.0 Å². The maximum Gasteiger partial charge on any atom is 0.272 e. The summed E-state index contributed by atoms with van der Waals surface area (Å²) in [5.41, 5.74) is 2.32. The number of aldehydes is 1. The first-order chi connectivity index (χ1) is 15.3. The highest BCUT2D eigenvalue weighted by atomic mass is 19.1. The Morgan fingerprint density at radius 1 is 1.12 bits per heavy atom. The Morgan fingerprint density at radius 2 is 1.78 bits per heavy atom. The summed E-state index contributed by atoms with van der Waals surface area (Å²) in [6.45, 7) is 6.37. The highest BCUT2D eigenvalue weighted by Gasteiger charge is 2.26. The molecule has 174 valence electrons. The smallest absolute Gasteiger partial charge is 0.272 e. The number of benzene rings is 1. The number of nitrogens with zero attached hydrogens (tertiary/aromatic N) is 4. The summed E-state index contributed by atoms with van der Waals surface area (Å²) in [5, 5.41) is 0.882. The standard InChI is InChI=1S/C22H30FN5O4/c1-16-3-5-28(6-4-16)21(31)13-26-7-9-27(10-8-26)20-11-17(14-29)18(12-19(20)23)22(32)25(2)24-15-30/h11-12,14-16H,3-10,13H2,1-2H3,(H,24,30). The minimum absolute atomic E-state index is 0.0443. The van der Waals surface area contributed by atoms with Crippen LogP contribution in [0.2, 0.25) is 0 Å². The van der Waals surface area contributed by atoms with Crippen LogP contribution in [0.5, 0.6) is 0 Å². The number of carbonyl (C=O) groups is 4. The third-order valence-electron chi connectivity index (χ3n) is 6.24. The summed E-state index contributed by atoms with van der Waals surface area (Å²) in [7, 11) is 1.31. The molecule has 1 aromatic rings. The molecule has 10 heteroatoms. The van der Waals surface area contributed by atoms with Crippen molar-refractivity contribution in [1.29, 1.82) is 0 Å². The van der Waals surface area contributed by atoms with Gasteiger partial charge in [-0.1, -0.05) is 6.92 Å². The molecule has 0 spiro atoms. The van der Waals surface area contributed by atoms with Crippen LogP contribution in [0.4, 0.5) is 10.1 Å². The quantitative estimate of drug-likeness (QED) is 0.490. The number of piperazine rings is 1. The second kappa shape index (κ2) is 10.5. The van der Waals surface area contributed by atoms with Crippen molar-refractivity contribution >= 4 is 30.2 Å². The van der Waals surface area contributed by atoms with E-state index in [1.165, 1.54) is 13.1 Å². The van der Waals surface area contributed by atoms with Gasteiger partial charge < -0.3 is 9.80 Å². The number of likely N-dealkylation sites (tertiary alicyclic amines) is 1. The highest BCUT2D eigenvalue weighted by molar-refractivity contribution is 6.02. The van der Waals surface area contributed by atoms with Gasteiger partial charge in [-0.25, -0.2) is 4.39 Å². The number of piperidine rings is 1. The fourth-order valence-electron chi connectivity index (χ4n) is 4.12. The third-order valence-corrected chi connectivity index (χ3v) is 6.24. The number of carbonyl (C=O) groups excluding carboxylic acids is 4. The summed E-state index contributed by atoms with van der Waals surface area (Å²) in [5.74, 6) is -0.515. The number of halogens is 1. The fourth-order valence-corrected chi connectivity index (χ4v) is 4.12. The zero-order valence-corrected chi connectivity index (χ0v) is 18.6. The average Bonchev–Trinajstić information content (AvgIpc) is 2.79. The molecule has 0 saturated carbocycles. The molecular weight excluding hydrogens is 417 g/mol. The average molecular weight is 448 g/mol. The van der Waals surface area contributed by atoms with Crippen molar-refractivity contribution in [3.05, 3.63) is 29.1 Å². The first-order valence-corrected chi connectivity index (χ1v) is 10.9. The number of anilines is 1. The lowest BCUT2D eigenvalue weighted by Gasteiger charge is -2.37. The van der Waals surface area contributed by atoms with E-state index in [0.29, 0.717) is 51.3 Å². The first kappa shape index (κ1) is 23.6. The maximum atomic E-state index is 14.8. The molecule has 0 radical (unpaired) electrons. The van der Waals surface area contributed by atoms with E-state index >= 15 is 0 Å². The molecule has 2 aliphatic heterocycles. The molecule has 0 aliphatic carbocycles. The molecule has 9 nitrogen and oxygen atoms in total. The molecule has 2 aliphatic rings. The molecule has 0 aromatic heterocycles. The number of rotatable bonds is 7. The van der Waals surface area contributed by atoms with Gasteiger partial charge in [0.25, 0.3) is 5.91 Å². The fraction of sp³-hybridized carbons (Fsp3) is 0.545. The normalized spacial score (nSPS) is 17.7. The number of amides is 3. The minimum atomic E-state index is -0.694. The van der Waals surface area contributed by atoms with Crippen molar-refractivity contribution in [2.24, 2.45) is 5.92 Å². The van der Waals surface area contributed by atoms with Crippen LogP contribution in [0.3, 0.4) is 0 Å². The molecule has 2 saturated heterocycles. The Kier molecular flexibility index (Phi) is 7.79. The molecule has 0 bridgehead atoms. The maximum absolute atomic E-state index is 14.8. The van der Waals surface area contributed by atoms with Crippen LogP contribution in [0.1, 0.15) is 40.5 Å². The molecule has 3 amide bonds. The summed E-state index contributed by atoms with van der Waals surface area (Å²) < 4.78 is 14.8. The van der Waals surface area contributed by atoms with Gasteiger partial charge in [-0.15, -0.1) is 0 Å². The van der Waals surface area contributed by atoms with Gasteiger partial charge in [-0.3, -0.25) is 34.5 Å². The van der Waals surface area contributed by atoms with Crippen LogP contribution in [0, 0.1) is 11.7 Å². The van der Waals surface area contributed by atoms with E-state index in [-0.39, 0.29) is 22.7 Å². The molecule has 32 heavy (non-hydrogen) atoms. The Bertz CT molecular complexity index is 864. The molecule has 1 aromatic carbocycles. The third kappa shape index (κ3) is 5.42. The van der Waals surface area contributed by atoms with Crippen molar-refractivity contribution in [2.45, 2.75) is 19.8 Å². The van der Waals surface area contributed by atoms with Gasteiger partial charge in [-0.2, -0.15) is 0 Å². The van der Waals surface area contributed by atoms with Crippen LogP contribution < -0.4 is 10.3 Å². The van der Waals surface area contributed by atoms with Crippen molar-refractivity contribution < 1.29 is 23.6 Å². The van der Waals surface area contributed by atoms with Gasteiger partial charge in [-0.05, 0) is 30.9 Å². The topological polar surface area (TPSA) is 93.3 Å². The summed E-state index contributed by atoms with van der Waals surface area (Å²) >= 11 is 0. The van der Waals surface area contributed by atoms with Crippen LogP contribution in [-0.4, -0.2) is 92.2 Å². The van der Waals surface area contributed by atoms with Gasteiger partial charge >= 0.3 is 0 Å².